The van der Waals surface area contributed by atoms with Crippen LogP contribution in [0.1, 0.15) is 37.0 Å². The molecule has 3 aromatic rings. The third-order valence-electron chi connectivity index (χ3n) is 5.87. The number of amides is 1. The highest BCUT2D eigenvalue weighted by Crippen LogP contribution is 2.42. The van der Waals surface area contributed by atoms with E-state index in [-0.39, 0.29) is 24.7 Å². The third kappa shape index (κ3) is 5.20. The predicted molar refractivity (Wildman–Crippen MR) is 125 cm³/mol. The van der Waals surface area contributed by atoms with Crippen LogP contribution in [0.4, 0.5) is 0 Å². The lowest BCUT2D eigenvalue weighted by Gasteiger charge is -2.33. The zero-order valence-electron chi connectivity index (χ0n) is 19.1. The highest BCUT2D eigenvalue weighted by molar-refractivity contribution is 5.91. The summed E-state index contributed by atoms with van der Waals surface area (Å²) >= 11 is 0. The lowest BCUT2D eigenvalue weighted by molar-refractivity contribution is -0.124. The molecule has 1 amide bonds. The van der Waals surface area contributed by atoms with Gasteiger partial charge >= 0.3 is 5.63 Å². The van der Waals surface area contributed by atoms with E-state index >= 15 is 0 Å². The van der Waals surface area contributed by atoms with Crippen LogP contribution in [0.2, 0.25) is 0 Å². The van der Waals surface area contributed by atoms with E-state index in [0.717, 1.165) is 17.5 Å². The number of carbonyl (C=O) groups excluding carboxylic acids is 1. The summed E-state index contributed by atoms with van der Waals surface area (Å²) in [6, 6.07) is 12.4. The predicted octanol–water partition coefficient (Wildman–Crippen LogP) is 3.30. The van der Waals surface area contributed by atoms with Crippen LogP contribution in [-0.2, 0) is 17.6 Å². The van der Waals surface area contributed by atoms with Crippen molar-refractivity contribution in [1.29, 1.82) is 0 Å². The lowest BCUT2D eigenvalue weighted by atomic mass is 9.92. The van der Waals surface area contributed by atoms with Gasteiger partial charge in [0.1, 0.15) is 22.7 Å². The zero-order valence-corrected chi connectivity index (χ0v) is 19.1. The second-order valence-corrected chi connectivity index (χ2v) is 9.09. The van der Waals surface area contributed by atoms with Crippen LogP contribution in [0.3, 0.4) is 0 Å². The Morgan fingerprint density at radius 3 is 2.73 bits per heavy atom. The number of aliphatic hydroxyl groups excluding tert-OH is 1. The summed E-state index contributed by atoms with van der Waals surface area (Å²) in [5.74, 6) is 0.661. The van der Waals surface area contributed by atoms with Gasteiger partial charge in [0, 0.05) is 17.7 Å². The van der Waals surface area contributed by atoms with Crippen LogP contribution in [0.5, 0.6) is 11.5 Å². The summed E-state index contributed by atoms with van der Waals surface area (Å²) in [7, 11) is 0. The van der Waals surface area contributed by atoms with Crippen molar-refractivity contribution >= 4 is 16.9 Å². The third-order valence-corrected chi connectivity index (χ3v) is 5.87. The summed E-state index contributed by atoms with van der Waals surface area (Å²) in [4.78, 5) is 24.7. The number of benzene rings is 2. The second-order valence-electron chi connectivity index (χ2n) is 9.09. The molecule has 0 saturated carbocycles. The standard InChI is InChI=1S/C26H29NO6/c1-16-11-23(30)32-25-19-9-10-26(2,3)33-20(19)13-21(24(16)25)31-15-22(29)27-18(14-28)12-17-7-5-4-6-8-17/h4-8,11,13,18,28H,9-10,12,14-15H2,1-3H3,(H,27,29)/t18-/m0/s1. The minimum Gasteiger partial charge on any atom is -0.487 e. The Bertz CT molecular complexity index is 1210. The van der Waals surface area contributed by atoms with Gasteiger partial charge in [-0.25, -0.2) is 4.79 Å². The van der Waals surface area contributed by atoms with Gasteiger partial charge in [0.25, 0.3) is 5.91 Å². The van der Waals surface area contributed by atoms with Crippen molar-refractivity contribution in [2.75, 3.05) is 13.2 Å². The van der Waals surface area contributed by atoms with Gasteiger partial charge in [0.2, 0.25) is 0 Å². The average Bonchev–Trinajstić information content (AvgIpc) is 2.76. The summed E-state index contributed by atoms with van der Waals surface area (Å²) in [6.07, 6.45) is 2.01. The molecule has 7 nitrogen and oxygen atoms in total. The Balaban J connectivity index is 1.55. The maximum absolute atomic E-state index is 12.6. The molecule has 33 heavy (non-hydrogen) atoms. The van der Waals surface area contributed by atoms with Crippen LogP contribution in [0.15, 0.2) is 51.7 Å². The number of hydrogen-bond acceptors (Lipinski definition) is 6. The maximum Gasteiger partial charge on any atom is 0.336 e. The number of hydrogen-bond donors (Lipinski definition) is 2. The number of fused-ring (bicyclic) bond motifs is 3. The molecule has 7 heteroatoms. The Morgan fingerprint density at radius 1 is 1.24 bits per heavy atom. The van der Waals surface area contributed by atoms with E-state index < -0.39 is 11.7 Å². The first-order valence-corrected chi connectivity index (χ1v) is 11.1. The van der Waals surface area contributed by atoms with Crippen molar-refractivity contribution in [1.82, 2.24) is 5.32 Å². The molecule has 1 aliphatic heterocycles. The molecule has 0 saturated heterocycles. The molecule has 0 unspecified atom stereocenters. The number of ether oxygens (including phenoxy) is 2. The summed E-state index contributed by atoms with van der Waals surface area (Å²) in [5, 5.41) is 13.2. The van der Waals surface area contributed by atoms with Gasteiger partial charge in [-0.3, -0.25) is 4.79 Å². The smallest absolute Gasteiger partial charge is 0.336 e. The molecule has 0 bridgehead atoms. The maximum atomic E-state index is 12.6. The quantitative estimate of drug-likeness (QED) is 0.535. The number of aliphatic hydroxyl groups is 1. The molecule has 174 valence electrons. The molecule has 1 atom stereocenters. The normalized spacial score (nSPS) is 15.4. The largest absolute Gasteiger partial charge is 0.487 e. The summed E-state index contributed by atoms with van der Waals surface area (Å²) < 4.78 is 17.6. The van der Waals surface area contributed by atoms with Crippen molar-refractivity contribution in [2.24, 2.45) is 0 Å². The fraction of sp³-hybridized carbons (Fsp3) is 0.385. The zero-order chi connectivity index (χ0) is 23.6. The van der Waals surface area contributed by atoms with Crippen molar-refractivity contribution in [2.45, 2.75) is 51.7 Å². The summed E-state index contributed by atoms with van der Waals surface area (Å²) in [6.45, 7) is 5.38. The van der Waals surface area contributed by atoms with Crippen molar-refractivity contribution in [3.63, 3.8) is 0 Å². The van der Waals surface area contributed by atoms with E-state index in [1.165, 1.54) is 6.07 Å². The average molecular weight is 452 g/mol. The van der Waals surface area contributed by atoms with E-state index in [1.807, 2.05) is 51.1 Å². The van der Waals surface area contributed by atoms with Crippen LogP contribution in [0.25, 0.3) is 11.0 Å². The molecule has 0 fully saturated rings. The molecule has 2 heterocycles. The van der Waals surface area contributed by atoms with Gasteiger partial charge in [-0.15, -0.1) is 0 Å². The van der Waals surface area contributed by atoms with Crippen molar-refractivity contribution < 1.29 is 23.8 Å². The van der Waals surface area contributed by atoms with Crippen molar-refractivity contribution in [3.8, 4) is 11.5 Å². The molecule has 2 N–H and O–H groups in total. The second kappa shape index (κ2) is 9.27. The van der Waals surface area contributed by atoms with E-state index in [0.29, 0.717) is 40.9 Å². The summed E-state index contributed by atoms with van der Waals surface area (Å²) in [5.41, 5.74) is 2.22. The van der Waals surface area contributed by atoms with E-state index in [4.69, 9.17) is 13.9 Å². The number of rotatable bonds is 7. The molecular formula is C26H29NO6. The molecule has 2 aromatic carbocycles. The fourth-order valence-corrected chi connectivity index (χ4v) is 4.21. The first kappa shape index (κ1) is 22.9. The number of carbonyl (C=O) groups is 1. The van der Waals surface area contributed by atoms with Gasteiger partial charge < -0.3 is 24.3 Å². The van der Waals surface area contributed by atoms with Crippen LogP contribution >= 0.6 is 0 Å². The first-order chi connectivity index (χ1) is 15.8. The Kier molecular flexibility index (Phi) is 6.42. The first-order valence-electron chi connectivity index (χ1n) is 11.1. The molecule has 0 radical (unpaired) electrons. The SMILES string of the molecule is Cc1cc(=O)oc2c3c(cc(OCC(=O)N[C@H](CO)Cc4ccccc4)c12)OC(C)(C)CC3. The fourth-order valence-electron chi connectivity index (χ4n) is 4.21. The monoisotopic (exact) mass is 451 g/mol. The number of nitrogens with one attached hydrogen (secondary N) is 1. The van der Waals surface area contributed by atoms with Gasteiger partial charge in [-0.2, -0.15) is 0 Å². The van der Waals surface area contributed by atoms with Gasteiger partial charge in [-0.1, -0.05) is 30.3 Å². The van der Waals surface area contributed by atoms with Crippen LogP contribution in [-0.4, -0.2) is 35.9 Å². The van der Waals surface area contributed by atoms with E-state index in [2.05, 4.69) is 5.32 Å². The van der Waals surface area contributed by atoms with Crippen molar-refractivity contribution in [3.05, 3.63) is 69.6 Å². The lowest BCUT2D eigenvalue weighted by Crippen LogP contribution is -2.41. The minimum absolute atomic E-state index is 0.185. The van der Waals surface area contributed by atoms with Crippen LogP contribution < -0.4 is 20.4 Å². The molecule has 1 aliphatic rings. The highest BCUT2D eigenvalue weighted by atomic mass is 16.5. The Labute approximate surface area is 192 Å². The van der Waals surface area contributed by atoms with Gasteiger partial charge in [0.15, 0.2) is 6.61 Å². The molecular weight excluding hydrogens is 422 g/mol. The van der Waals surface area contributed by atoms with Gasteiger partial charge in [0.05, 0.1) is 18.0 Å². The van der Waals surface area contributed by atoms with Gasteiger partial charge in [-0.05, 0) is 51.2 Å². The van der Waals surface area contributed by atoms with E-state index in [1.54, 1.807) is 6.07 Å². The number of aryl methyl sites for hydroxylation is 2. The molecule has 0 aliphatic carbocycles. The Morgan fingerprint density at radius 2 is 2.00 bits per heavy atom. The van der Waals surface area contributed by atoms with Crippen LogP contribution in [0, 0.1) is 6.92 Å². The molecule has 0 spiro atoms. The highest BCUT2D eigenvalue weighted by Gasteiger charge is 2.30. The molecule has 4 rings (SSSR count). The minimum atomic E-state index is -0.436. The molecule has 1 aromatic heterocycles. The Hall–Kier alpha value is -3.32. The van der Waals surface area contributed by atoms with E-state index in [9.17, 15) is 14.7 Å². The topological polar surface area (TPSA) is 98.0 Å².